The Balaban J connectivity index is 5.52. The average Bonchev–Trinajstić information content (AvgIpc) is 0.927. The van der Waals surface area contributed by atoms with Crippen molar-refractivity contribution in [2.45, 2.75) is 445 Å². The number of carbonyl (C=O) groups excluding carboxylic acids is 6. The van der Waals surface area contributed by atoms with Crippen molar-refractivity contribution in [1.82, 2.24) is 10.6 Å². The van der Waals surface area contributed by atoms with E-state index in [1.807, 2.05) is 0 Å². The Morgan fingerprint density at radius 1 is 0.266 bits per heavy atom. The van der Waals surface area contributed by atoms with E-state index in [1.54, 1.807) is 0 Å². The summed E-state index contributed by atoms with van der Waals surface area (Å²) in [7, 11) is -9.55. The zero-order valence-corrected chi connectivity index (χ0v) is 72.0. The molecule has 0 aliphatic carbocycles. The van der Waals surface area contributed by atoms with E-state index in [-0.39, 0.29) is 76.5 Å². The molecule has 0 aromatic carbocycles. The third kappa shape index (κ3) is 76.0. The van der Waals surface area contributed by atoms with Crippen molar-refractivity contribution < 1.29 is 94.2 Å². The Morgan fingerprint density at radius 2 is 0.486 bits per heavy atom. The third-order valence-corrected chi connectivity index (χ3v) is 21.7. The number of nitrogens with one attached hydrogen (secondary N) is 2. The Labute approximate surface area is 663 Å². The van der Waals surface area contributed by atoms with Crippen LogP contribution in [0.2, 0.25) is 0 Å². The Hall–Kier alpha value is -3.04. The van der Waals surface area contributed by atoms with E-state index in [9.17, 15) is 47.7 Å². The number of unbranched alkanes of at least 4 members (excludes halogenated alkanes) is 44. The lowest BCUT2D eigenvalue weighted by Gasteiger charge is -2.21. The lowest BCUT2D eigenvalue weighted by Crippen LogP contribution is -2.34. The minimum atomic E-state index is -4.77. The number of phosphoric acid groups is 2. The predicted molar refractivity (Wildman–Crippen MR) is 437 cm³/mol. The first-order valence-electron chi connectivity index (χ1n) is 44.6. The van der Waals surface area contributed by atoms with Crippen molar-refractivity contribution in [2.24, 2.45) is 0 Å². The van der Waals surface area contributed by atoms with Crippen molar-refractivity contribution in [3.63, 3.8) is 0 Å². The Morgan fingerprint density at radius 3 is 0.734 bits per heavy atom. The summed E-state index contributed by atoms with van der Waals surface area (Å²) in [4.78, 5) is 99.2. The summed E-state index contributed by atoms with van der Waals surface area (Å²) in [6, 6.07) is 0. The maximum absolute atomic E-state index is 13.2. The molecule has 0 bridgehead atoms. The molecule has 0 aromatic heterocycles. The number of rotatable bonds is 86. The standard InChI is InChI=1S/C85H164N2O20P2/c1-7-13-19-25-29-33-35-39-43-49-55-61-84(92)106-78(72-98-67-63-76(57-51-45-23-17-11-5)104-82(90)59-53-47-41-37-31-27-21-15-9-3)74-102-108(94,95)100-69-65-86-80(88)71-81(89)87-66-70-101-109(96,97)103-75-79(107-85(93)62-56-50-44-40-36-34-30-26-20-14-8-2)73-99-68-64-77(58-52-46-24-18-12-6)105-83(91)60-54-48-42-38-32-28-22-16-10-4/h76-79H,7-75H2,1-6H3,(H,86,88)(H,87,89)(H,94,95)(H,96,97)/t76-,77+,78?,79?. The van der Waals surface area contributed by atoms with Crippen LogP contribution in [-0.4, -0.2) is 136 Å². The average molecular weight is 1600 g/mol. The van der Waals surface area contributed by atoms with Gasteiger partial charge in [-0.05, 0) is 51.4 Å². The maximum atomic E-state index is 13.2. The van der Waals surface area contributed by atoms with Gasteiger partial charge in [0.2, 0.25) is 11.8 Å². The maximum Gasteiger partial charge on any atom is 0.472 e. The second-order valence-electron chi connectivity index (χ2n) is 30.4. The van der Waals surface area contributed by atoms with Gasteiger partial charge in [-0.25, -0.2) is 9.13 Å². The van der Waals surface area contributed by atoms with Gasteiger partial charge in [0.1, 0.15) is 30.8 Å². The molecule has 0 heterocycles. The molecule has 24 heteroatoms. The molecule has 0 saturated heterocycles. The number of hydrogen-bond acceptors (Lipinski definition) is 18. The van der Waals surface area contributed by atoms with E-state index in [4.69, 9.17) is 46.5 Å². The molecule has 22 nitrogen and oxygen atoms in total. The van der Waals surface area contributed by atoms with Crippen LogP contribution in [0.15, 0.2) is 0 Å². The fourth-order valence-corrected chi connectivity index (χ4v) is 14.5. The Kier molecular flexibility index (Phi) is 76.6. The SMILES string of the molecule is CCCCCCCCCCCCCC(=O)OC(COCC[C@@H](CCCCCCC)OC(=O)CCCCCCCCCCC)COP(=O)(O)OCCNC(=O)CC(=O)NCCOP(=O)(O)OCC(COCC[C@H](CCCCCCC)OC(=O)CCCCCCCCCCC)OC(=O)CCCCCCCCCCCCC. The second kappa shape index (κ2) is 78.8. The van der Waals surface area contributed by atoms with Gasteiger partial charge in [-0.3, -0.25) is 46.9 Å². The summed E-state index contributed by atoms with van der Waals surface area (Å²) < 4.78 is 82.6. The van der Waals surface area contributed by atoms with Crippen LogP contribution in [0.25, 0.3) is 0 Å². The number of phosphoric ester groups is 2. The van der Waals surface area contributed by atoms with Crippen LogP contribution in [0.5, 0.6) is 0 Å². The number of hydrogen-bond donors (Lipinski definition) is 4. The van der Waals surface area contributed by atoms with Crippen molar-refractivity contribution >= 4 is 51.3 Å². The van der Waals surface area contributed by atoms with Crippen molar-refractivity contribution in [1.29, 1.82) is 0 Å². The molecule has 0 fully saturated rings. The third-order valence-electron chi connectivity index (χ3n) is 19.7. The summed E-state index contributed by atoms with van der Waals surface area (Å²) in [6.07, 6.45) is 55.7. The van der Waals surface area contributed by atoms with Gasteiger partial charge in [-0.15, -0.1) is 0 Å². The summed E-state index contributed by atoms with van der Waals surface area (Å²) in [5.41, 5.74) is 0. The van der Waals surface area contributed by atoms with Gasteiger partial charge >= 0.3 is 39.5 Å². The van der Waals surface area contributed by atoms with E-state index in [0.29, 0.717) is 51.4 Å². The summed E-state index contributed by atoms with van der Waals surface area (Å²) >= 11 is 0. The molecule has 0 aliphatic rings. The normalized spacial score (nSPS) is 13.8. The molecule has 0 saturated carbocycles. The van der Waals surface area contributed by atoms with Crippen LogP contribution >= 0.6 is 15.6 Å². The topological polar surface area (TPSA) is 293 Å². The van der Waals surface area contributed by atoms with Crippen LogP contribution in [0, 0.1) is 0 Å². The number of amides is 2. The molecule has 109 heavy (non-hydrogen) atoms. The zero-order chi connectivity index (χ0) is 80.0. The van der Waals surface area contributed by atoms with Crippen LogP contribution in [-0.2, 0) is 84.4 Å². The highest BCUT2D eigenvalue weighted by Crippen LogP contribution is 2.44. The largest absolute Gasteiger partial charge is 0.472 e. The van der Waals surface area contributed by atoms with Gasteiger partial charge in [0.05, 0.1) is 52.9 Å². The molecule has 0 aromatic rings. The van der Waals surface area contributed by atoms with Crippen molar-refractivity contribution in [2.75, 3.05) is 65.9 Å². The molecule has 0 radical (unpaired) electrons. The molecular weight excluding hydrogens is 1430 g/mol. The predicted octanol–water partition coefficient (Wildman–Crippen LogP) is 22.3. The molecule has 0 rings (SSSR count). The van der Waals surface area contributed by atoms with E-state index >= 15 is 0 Å². The van der Waals surface area contributed by atoms with Crippen LogP contribution < -0.4 is 10.6 Å². The molecule has 4 unspecified atom stereocenters. The van der Waals surface area contributed by atoms with Crippen LogP contribution in [0.3, 0.4) is 0 Å². The van der Waals surface area contributed by atoms with E-state index in [1.165, 1.54) is 167 Å². The van der Waals surface area contributed by atoms with Crippen LogP contribution in [0.4, 0.5) is 0 Å². The highest BCUT2D eigenvalue weighted by molar-refractivity contribution is 7.47. The number of esters is 4. The highest BCUT2D eigenvalue weighted by atomic mass is 31.2. The smallest absolute Gasteiger partial charge is 0.462 e. The molecule has 2 amide bonds. The monoisotopic (exact) mass is 1600 g/mol. The summed E-state index contributed by atoms with van der Waals surface area (Å²) in [6.45, 7) is 10.6. The summed E-state index contributed by atoms with van der Waals surface area (Å²) in [5.74, 6) is -2.93. The fourth-order valence-electron chi connectivity index (χ4n) is 13.0. The van der Waals surface area contributed by atoms with E-state index < -0.39 is 84.5 Å². The highest BCUT2D eigenvalue weighted by Gasteiger charge is 2.28. The molecule has 4 N–H and O–H groups in total. The van der Waals surface area contributed by atoms with Crippen molar-refractivity contribution in [3.05, 3.63) is 0 Å². The molecule has 644 valence electrons. The van der Waals surface area contributed by atoms with Gasteiger partial charge in [0.25, 0.3) is 0 Å². The van der Waals surface area contributed by atoms with Crippen LogP contribution in [0.1, 0.15) is 420 Å². The first kappa shape index (κ1) is 106. The van der Waals surface area contributed by atoms with E-state index in [2.05, 4.69) is 52.2 Å². The second-order valence-corrected chi connectivity index (χ2v) is 33.3. The molecule has 0 aliphatic heterocycles. The van der Waals surface area contributed by atoms with E-state index in [0.717, 1.165) is 141 Å². The molecule has 6 atom stereocenters. The lowest BCUT2D eigenvalue weighted by molar-refractivity contribution is -0.156. The van der Waals surface area contributed by atoms with Gasteiger partial charge in [-0.1, -0.05) is 324 Å². The number of ether oxygens (including phenoxy) is 6. The quantitative estimate of drug-likeness (QED) is 0.0145. The first-order valence-corrected chi connectivity index (χ1v) is 47.6. The summed E-state index contributed by atoms with van der Waals surface area (Å²) in [5, 5.41) is 4.87. The van der Waals surface area contributed by atoms with Gasteiger partial charge in [0, 0.05) is 51.6 Å². The van der Waals surface area contributed by atoms with Crippen molar-refractivity contribution in [3.8, 4) is 0 Å². The number of carbonyl (C=O) groups is 6. The van der Waals surface area contributed by atoms with Gasteiger partial charge in [0.15, 0.2) is 0 Å². The fraction of sp³-hybridized carbons (Fsp3) is 0.929. The lowest BCUT2D eigenvalue weighted by atomic mass is 10.1. The first-order chi connectivity index (χ1) is 52.9. The Bertz CT molecular complexity index is 2070. The molecule has 0 spiro atoms. The van der Waals surface area contributed by atoms with Gasteiger partial charge in [-0.2, -0.15) is 0 Å². The van der Waals surface area contributed by atoms with Gasteiger partial charge < -0.3 is 48.8 Å². The zero-order valence-electron chi connectivity index (χ0n) is 70.2. The minimum Gasteiger partial charge on any atom is -0.462 e. The minimum absolute atomic E-state index is 0.156. The molecular formula is C85H164N2O20P2.